The van der Waals surface area contributed by atoms with Gasteiger partial charge in [-0.05, 0) is 31.5 Å². The zero-order valence-corrected chi connectivity index (χ0v) is 11.5. The molecule has 0 bridgehead atoms. The van der Waals surface area contributed by atoms with Gasteiger partial charge in [-0.25, -0.2) is 0 Å². The molecular weight excluding hydrogens is 252 g/mol. The van der Waals surface area contributed by atoms with Gasteiger partial charge in [-0.2, -0.15) is 0 Å². The molecule has 106 valence electrons. The van der Waals surface area contributed by atoms with E-state index in [0.717, 1.165) is 29.9 Å². The molecule has 2 aromatic rings. The Bertz CT molecular complexity index is 576. The van der Waals surface area contributed by atoms with Crippen LogP contribution in [0.15, 0.2) is 34.7 Å². The second kappa shape index (κ2) is 4.88. The summed E-state index contributed by atoms with van der Waals surface area (Å²) in [4.78, 5) is 2.51. The van der Waals surface area contributed by atoms with Crippen molar-refractivity contribution >= 4 is 11.0 Å². The molecule has 20 heavy (non-hydrogen) atoms. The molecule has 3 unspecified atom stereocenters. The van der Waals surface area contributed by atoms with Crippen LogP contribution in [0.1, 0.15) is 24.6 Å². The lowest BCUT2D eigenvalue weighted by Gasteiger charge is -2.37. The number of rotatable bonds is 2. The first-order chi connectivity index (χ1) is 9.81. The second-order valence-corrected chi connectivity index (χ2v) is 5.88. The van der Waals surface area contributed by atoms with Crippen molar-refractivity contribution in [3.05, 3.63) is 36.1 Å². The van der Waals surface area contributed by atoms with Gasteiger partial charge in [0.1, 0.15) is 11.3 Å². The van der Waals surface area contributed by atoms with E-state index in [4.69, 9.17) is 14.9 Å². The van der Waals surface area contributed by atoms with Crippen molar-refractivity contribution in [2.24, 2.45) is 5.73 Å². The van der Waals surface area contributed by atoms with E-state index in [1.54, 1.807) is 0 Å². The molecule has 3 heterocycles. The van der Waals surface area contributed by atoms with Gasteiger partial charge in [0.15, 0.2) is 0 Å². The molecule has 1 aromatic heterocycles. The Kier molecular flexibility index (Phi) is 3.02. The van der Waals surface area contributed by atoms with Crippen LogP contribution in [-0.4, -0.2) is 36.7 Å². The Hall–Kier alpha value is -1.36. The van der Waals surface area contributed by atoms with Crippen molar-refractivity contribution < 1.29 is 9.15 Å². The summed E-state index contributed by atoms with van der Waals surface area (Å²) in [7, 11) is 0. The third kappa shape index (κ3) is 2.04. The highest BCUT2D eigenvalue weighted by Crippen LogP contribution is 2.30. The van der Waals surface area contributed by atoms with Gasteiger partial charge in [-0.1, -0.05) is 18.2 Å². The Morgan fingerprint density at radius 3 is 3.10 bits per heavy atom. The fourth-order valence-corrected chi connectivity index (χ4v) is 3.41. The number of hydrogen-bond acceptors (Lipinski definition) is 4. The molecule has 1 aromatic carbocycles. The van der Waals surface area contributed by atoms with Crippen LogP contribution in [0, 0.1) is 0 Å². The van der Waals surface area contributed by atoms with Gasteiger partial charge >= 0.3 is 0 Å². The first kappa shape index (κ1) is 12.4. The van der Waals surface area contributed by atoms with Gasteiger partial charge in [-0.3, -0.25) is 4.90 Å². The molecule has 0 aliphatic carbocycles. The highest BCUT2D eigenvalue weighted by Gasteiger charge is 2.36. The zero-order valence-electron chi connectivity index (χ0n) is 11.5. The largest absolute Gasteiger partial charge is 0.459 e. The normalized spacial score (nSPS) is 28.6. The summed E-state index contributed by atoms with van der Waals surface area (Å²) in [6.45, 7) is 2.90. The number of benzene rings is 1. The lowest BCUT2D eigenvalue weighted by atomic mass is 10.1. The monoisotopic (exact) mass is 272 g/mol. The number of nitrogens with two attached hydrogens (primary N) is 1. The molecule has 0 radical (unpaired) electrons. The predicted octanol–water partition coefficient (Wildman–Crippen LogP) is 2.30. The molecule has 2 fully saturated rings. The number of fused-ring (bicyclic) bond motifs is 2. The van der Waals surface area contributed by atoms with E-state index in [1.807, 2.05) is 30.3 Å². The highest BCUT2D eigenvalue weighted by atomic mass is 16.5. The van der Waals surface area contributed by atoms with Crippen LogP contribution in [0.3, 0.4) is 0 Å². The maximum absolute atomic E-state index is 6.37. The van der Waals surface area contributed by atoms with Crippen LogP contribution < -0.4 is 5.73 Å². The van der Waals surface area contributed by atoms with Gasteiger partial charge in [0.05, 0.1) is 18.8 Å². The fraction of sp³-hybridized carbons (Fsp3) is 0.500. The molecule has 0 amide bonds. The van der Waals surface area contributed by atoms with Crippen molar-refractivity contribution in [3.63, 3.8) is 0 Å². The number of morpholine rings is 1. The molecule has 4 nitrogen and oxygen atoms in total. The molecule has 3 atom stereocenters. The molecule has 2 N–H and O–H groups in total. The Morgan fingerprint density at radius 2 is 2.20 bits per heavy atom. The molecule has 2 aliphatic heterocycles. The van der Waals surface area contributed by atoms with Crippen LogP contribution in [0.5, 0.6) is 0 Å². The van der Waals surface area contributed by atoms with Gasteiger partial charge in [-0.15, -0.1) is 0 Å². The maximum Gasteiger partial charge on any atom is 0.134 e. The van der Waals surface area contributed by atoms with Gasteiger partial charge in [0, 0.05) is 18.0 Å². The predicted molar refractivity (Wildman–Crippen MR) is 77.5 cm³/mol. The van der Waals surface area contributed by atoms with Crippen molar-refractivity contribution in [2.45, 2.75) is 31.0 Å². The summed E-state index contributed by atoms with van der Waals surface area (Å²) in [6, 6.07) is 10.5. The molecule has 4 heteroatoms. The zero-order chi connectivity index (χ0) is 13.5. The van der Waals surface area contributed by atoms with Gasteiger partial charge in [0.2, 0.25) is 0 Å². The summed E-state index contributed by atoms with van der Waals surface area (Å²) < 4.78 is 11.8. The van der Waals surface area contributed by atoms with Crippen molar-refractivity contribution in [3.8, 4) is 0 Å². The summed E-state index contributed by atoms with van der Waals surface area (Å²) in [5, 5.41) is 1.10. The summed E-state index contributed by atoms with van der Waals surface area (Å²) in [6.07, 6.45) is 2.57. The SMILES string of the molecule is NC(c1cc2ccccc2o1)C1CN2CCCC2CO1. The molecule has 2 aliphatic rings. The number of nitrogens with zero attached hydrogens (tertiary/aromatic N) is 1. The third-order valence-corrected chi connectivity index (χ3v) is 4.59. The Labute approximate surface area is 118 Å². The molecule has 4 rings (SSSR count). The fourth-order valence-electron chi connectivity index (χ4n) is 3.41. The highest BCUT2D eigenvalue weighted by molar-refractivity contribution is 5.77. The van der Waals surface area contributed by atoms with E-state index >= 15 is 0 Å². The number of para-hydroxylation sites is 1. The van der Waals surface area contributed by atoms with Crippen LogP contribution in [0.25, 0.3) is 11.0 Å². The smallest absolute Gasteiger partial charge is 0.134 e. The van der Waals surface area contributed by atoms with Crippen LogP contribution >= 0.6 is 0 Å². The average molecular weight is 272 g/mol. The Morgan fingerprint density at radius 1 is 1.30 bits per heavy atom. The minimum atomic E-state index is -0.191. The summed E-state index contributed by atoms with van der Waals surface area (Å²) >= 11 is 0. The van der Waals surface area contributed by atoms with E-state index in [9.17, 15) is 0 Å². The third-order valence-electron chi connectivity index (χ3n) is 4.59. The summed E-state index contributed by atoms with van der Waals surface area (Å²) in [5.41, 5.74) is 7.27. The minimum absolute atomic E-state index is 0.0323. The van der Waals surface area contributed by atoms with Crippen LogP contribution in [0.2, 0.25) is 0 Å². The van der Waals surface area contributed by atoms with Gasteiger partial charge in [0.25, 0.3) is 0 Å². The molecular formula is C16H20N2O2. The van der Waals surface area contributed by atoms with Crippen molar-refractivity contribution in [1.29, 1.82) is 0 Å². The number of hydrogen-bond donors (Lipinski definition) is 1. The first-order valence-electron chi connectivity index (χ1n) is 7.41. The van der Waals surface area contributed by atoms with Crippen LogP contribution in [0.4, 0.5) is 0 Å². The van der Waals surface area contributed by atoms with E-state index in [1.165, 1.54) is 19.4 Å². The van der Waals surface area contributed by atoms with Gasteiger partial charge < -0.3 is 14.9 Å². The van der Waals surface area contributed by atoms with E-state index in [2.05, 4.69) is 4.90 Å². The molecule has 0 spiro atoms. The van der Waals surface area contributed by atoms with Crippen LogP contribution in [-0.2, 0) is 4.74 Å². The molecule has 2 saturated heterocycles. The minimum Gasteiger partial charge on any atom is -0.459 e. The van der Waals surface area contributed by atoms with E-state index in [0.29, 0.717) is 6.04 Å². The van der Waals surface area contributed by atoms with Crippen molar-refractivity contribution in [2.75, 3.05) is 19.7 Å². The maximum atomic E-state index is 6.37. The molecule has 0 saturated carbocycles. The quantitative estimate of drug-likeness (QED) is 0.911. The van der Waals surface area contributed by atoms with Crippen molar-refractivity contribution in [1.82, 2.24) is 4.90 Å². The number of furan rings is 1. The van der Waals surface area contributed by atoms with E-state index in [-0.39, 0.29) is 12.1 Å². The lowest BCUT2D eigenvalue weighted by Crippen LogP contribution is -2.49. The average Bonchev–Trinajstić information content (AvgIpc) is 3.11. The standard InChI is InChI=1S/C16H20N2O2/c17-16(14-8-11-4-1-2-6-13(11)20-14)15-9-18-7-3-5-12(18)10-19-15/h1-2,4,6,8,12,15-16H,3,5,7,9-10,17H2. The lowest BCUT2D eigenvalue weighted by molar-refractivity contribution is -0.0620. The second-order valence-electron chi connectivity index (χ2n) is 5.88. The Balaban J connectivity index is 1.55. The summed E-state index contributed by atoms with van der Waals surface area (Å²) in [5.74, 6) is 0.828. The van der Waals surface area contributed by atoms with E-state index < -0.39 is 0 Å². The number of ether oxygens (including phenoxy) is 1. The first-order valence-corrected chi connectivity index (χ1v) is 7.41. The topological polar surface area (TPSA) is 51.6 Å².